The first kappa shape index (κ1) is 13.5. The number of halogens is 1. The van der Waals surface area contributed by atoms with Crippen molar-refractivity contribution in [2.75, 3.05) is 13.7 Å². The van der Waals surface area contributed by atoms with Crippen LogP contribution in [0.4, 0.5) is 0 Å². The normalized spacial score (nSPS) is 9.40. The molecule has 1 aromatic rings. The van der Waals surface area contributed by atoms with Gasteiger partial charge in [-0.25, -0.2) is 0 Å². The Balaban J connectivity index is 0.00000196. The van der Waals surface area contributed by atoms with Crippen LogP contribution in [0.3, 0.4) is 0 Å². The lowest BCUT2D eigenvalue weighted by molar-refractivity contribution is -0.139. The van der Waals surface area contributed by atoms with Gasteiger partial charge in [0.15, 0.2) is 0 Å². The summed E-state index contributed by atoms with van der Waals surface area (Å²) in [5.74, 6) is -0.275. The average Bonchev–Trinajstić information content (AvgIpc) is 2.25. The Morgan fingerprint density at radius 1 is 1.40 bits per heavy atom. The van der Waals surface area contributed by atoms with Gasteiger partial charge in [0.1, 0.15) is 6.54 Å². The first-order chi connectivity index (χ1) is 6.83. The third kappa shape index (κ3) is 5.75. The molecule has 82 valence electrons. The summed E-state index contributed by atoms with van der Waals surface area (Å²) in [6.45, 7) is 0.194. The standard InChI is InChI=1S/C11H13NO2.ClH/c1-14-11(13)9-12-8-7-10-5-3-2-4-6-10;/h2-8,12H,9H2,1H3;1H. The topological polar surface area (TPSA) is 38.3 Å². The van der Waals surface area contributed by atoms with Gasteiger partial charge in [0.05, 0.1) is 7.11 Å². The number of nitrogens with one attached hydrogen (secondary N) is 1. The molecule has 0 aliphatic heterocycles. The van der Waals surface area contributed by atoms with Gasteiger partial charge < -0.3 is 10.1 Å². The Bertz CT molecular complexity index is 312. The molecule has 1 aromatic carbocycles. The molecule has 0 aromatic heterocycles. The van der Waals surface area contributed by atoms with E-state index in [1.807, 2.05) is 36.4 Å². The molecule has 0 aliphatic carbocycles. The van der Waals surface area contributed by atoms with Gasteiger partial charge in [0.25, 0.3) is 0 Å². The van der Waals surface area contributed by atoms with Crippen LogP contribution in [0.2, 0.25) is 0 Å². The summed E-state index contributed by atoms with van der Waals surface area (Å²) < 4.78 is 4.47. The number of carbonyl (C=O) groups is 1. The predicted octanol–water partition coefficient (Wildman–Crippen LogP) is 1.84. The summed E-state index contributed by atoms with van der Waals surface area (Å²) in [5, 5.41) is 2.83. The molecule has 0 radical (unpaired) electrons. The maximum atomic E-state index is 10.7. The first-order valence-electron chi connectivity index (χ1n) is 4.34. The van der Waals surface area contributed by atoms with Crippen molar-refractivity contribution in [2.45, 2.75) is 0 Å². The van der Waals surface area contributed by atoms with Crippen LogP contribution in [0.5, 0.6) is 0 Å². The minimum atomic E-state index is -0.275. The second-order valence-electron chi connectivity index (χ2n) is 2.70. The van der Waals surface area contributed by atoms with E-state index in [4.69, 9.17) is 0 Å². The highest BCUT2D eigenvalue weighted by molar-refractivity contribution is 5.85. The lowest BCUT2D eigenvalue weighted by Gasteiger charge is -1.97. The number of methoxy groups -OCH3 is 1. The van der Waals surface area contributed by atoms with Gasteiger partial charge in [-0.3, -0.25) is 4.79 Å². The molecule has 0 saturated heterocycles. The van der Waals surface area contributed by atoms with E-state index in [1.54, 1.807) is 6.20 Å². The summed E-state index contributed by atoms with van der Waals surface area (Å²) in [6.07, 6.45) is 3.62. The second kappa shape index (κ2) is 7.88. The Kier molecular flexibility index (Phi) is 7.10. The van der Waals surface area contributed by atoms with Crippen molar-refractivity contribution < 1.29 is 9.53 Å². The molecule has 0 aliphatic rings. The number of ether oxygens (including phenoxy) is 1. The molecule has 0 spiro atoms. The van der Waals surface area contributed by atoms with Gasteiger partial charge in [-0.1, -0.05) is 30.3 Å². The van der Waals surface area contributed by atoms with Crippen LogP contribution in [-0.2, 0) is 9.53 Å². The molecule has 0 fully saturated rings. The van der Waals surface area contributed by atoms with E-state index in [2.05, 4.69) is 10.1 Å². The van der Waals surface area contributed by atoms with E-state index in [1.165, 1.54) is 7.11 Å². The molecule has 0 atom stereocenters. The highest BCUT2D eigenvalue weighted by Gasteiger charge is 1.93. The van der Waals surface area contributed by atoms with Crippen LogP contribution < -0.4 is 5.32 Å². The molecule has 0 saturated carbocycles. The van der Waals surface area contributed by atoms with Crippen molar-refractivity contribution in [2.24, 2.45) is 0 Å². The lowest BCUT2D eigenvalue weighted by Crippen LogP contribution is -2.18. The van der Waals surface area contributed by atoms with Crippen molar-refractivity contribution in [1.82, 2.24) is 5.32 Å². The van der Waals surface area contributed by atoms with Crippen LogP contribution in [0, 0.1) is 0 Å². The number of hydrogen-bond acceptors (Lipinski definition) is 3. The predicted molar refractivity (Wildman–Crippen MR) is 62.7 cm³/mol. The van der Waals surface area contributed by atoms with Crippen LogP contribution >= 0.6 is 12.4 Å². The molecule has 3 nitrogen and oxygen atoms in total. The lowest BCUT2D eigenvalue weighted by atomic mass is 10.2. The highest BCUT2D eigenvalue weighted by atomic mass is 35.5. The Hall–Kier alpha value is -1.48. The van der Waals surface area contributed by atoms with Crippen LogP contribution in [0.1, 0.15) is 5.56 Å². The van der Waals surface area contributed by atoms with Crippen LogP contribution in [0.25, 0.3) is 6.08 Å². The zero-order valence-corrected chi connectivity index (χ0v) is 9.29. The van der Waals surface area contributed by atoms with Crippen molar-refractivity contribution in [3.63, 3.8) is 0 Å². The third-order valence-electron chi connectivity index (χ3n) is 1.67. The molecule has 1 N–H and O–H groups in total. The number of benzene rings is 1. The summed E-state index contributed by atoms with van der Waals surface area (Å²) in [4.78, 5) is 10.7. The van der Waals surface area contributed by atoms with Gasteiger partial charge in [0, 0.05) is 0 Å². The Morgan fingerprint density at radius 3 is 2.67 bits per heavy atom. The summed E-state index contributed by atoms with van der Waals surface area (Å²) >= 11 is 0. The molecule has 0 bridgehead atoms. The summed E-state index contributed by atoms with van der Waals surface area (Å²) in [6, 6.07) is 9.84. The maximum absolute atomic E-state index is 10.7. The minimum Gasteiger partial charge on any atom is -0.468 e. The highest BCUT2D eigenvalue weighted by Crippen LogP contribution is 1.99. The third-order valence-corrected chi connectivity index (χ3v) is 1.67. The fourth-order valence-electron chi connectivity index (χ4n) is 0.934. The number of carbonyl (C=O) groups excluding carboxylic acids is 1. The Labute approximate surface area is 95.5 Å². The largest absolute Gasteiger partial charge is 0.468 e. The SMILES string of the molecule is COC(=O)CNC=Cc1ccccc1.Cl. The molecular formula is C11H14ClNO2. The zero-order valence-electron chi connectivity index (χ0n) is 8.47. The summed E-state index contributed by atoms with van der Waals surface area (Å²) in [5.41, 5.74) is 1.09. The molecule has 0 unspecified atom stereocenters. The molecule has 0 amide bonds. The van der Waals surface area contributed by atoms with Crippen LogP contribution in [-0.4, -0.2) is 19.6 Å². The van der Waals surface area contributed by atoms with E-state index < -0.39 is 0 Å². The molecular weight excluding hydrogens is 214 g/mol. The number of rotatable bonds is 4. The smallest absolute Gasteiger partial charge is 0.325 e. The monoisotopic (exact) mass is 227 g/mol. The van der Waals surface area contributed by atoms with Gasteiger partial charge in [0.2, 0.25) is 0 Å². The van der Waals surface area contributed by atoms with Gasteiger partial charge >= 0.3 is 5.97 Å². The molecule has 0 heterocycles. The maximum Gasteiger partial charge on any atom is 0.325 e. The van der Waals surface area contributed by atoms with Gasteiger partial charge in [-0.15, -0.1) is 12.4 Å². The first-order valence-corrected chi connectivity index (χ1v) is 4.34. The Morgan fingerprint density at radius 2 is 2.07 bits per heavy atom. The molecule has 1 rings (SSSR count). The fourth-order valence-corrected chi connectivity index (χ4v) is 0.934. The molecule has 15 heavy (non-hydrogen) atoms. The average molecular weight is 228 g/mol. The minimum absolute atomic E-state index is 0. The van der Waals surface area contributed by atoms with E-state index in [0.717, 1.165) is 5.56 Å². The number of hydrogen-bond donors (Lipinski definition) is 1. The number of esters is 1. The van der Waals surface area contributed by atoms with E-state index >= 15 is 0 Å². The van der Waals surface area contributed by atoms with E-state index in [-0.39, 0.29) is 24.9 Å². The van der Waals surface area contributed by atoms with Crippen molar-refractivity contribution in [3.05, 3.63) is 42.1 Å². The van der Waals surface area contributed by atoms with Crippen molar-refractivity contribution in [1.29, 1.82) is 0 Å². The molecule has 4 heteroatoms. The fraction of sp³-hybridized carbons (Fsp3) is 0.182. The summed E-state index contributed by atoms with van der Waals surface area (Å²) in [7, 11) is 1.37. The second-order valence-corrected chi connectivity index (χ2v) is 2.70. The van der Waals surface area contributed by atoms with E-state index in [0.29, 0.717) is 0 Å². The quantitative estimate of drug-likeness (QED) is 0.798. The van der Waals surface area contributed by atoms with E-state index in [9.17, 15) is 4.79 Å². The van der Waals surface area contributed by atoms with Gasteiger partial charge in [-0.05, 0) is 17.8 Å². The van der Waals surface area contributed by atoms with Gasteiger partial charge in [-0.2, -0.15) is 0 Å². The van der Waals surface area contributed by atoms with Crippen molar-refractivity contribution >= 4 is 24.5 Å². The van der Waals surface area contributed by atoms with Crippen molar-refractivity contribution in [3.8, 4) is 0 Å². The van der Waals surface area contributed by atoms with Crippen LogP contribution in [0.15, 0.2) is 36.5 Å². The zero-order chi connectivity index (χ0) is 10.2.